The highest BCUT2D eigenvalue weighted by Gasteiger charge is 2.23. The summed E-state index contributed by atoms with van der Waals surface area (Å²) >= 11 is 0. The average Bonchev–Trinajstić information content (AvgIpc) is 2.51. The molecule has 0 aromatic heterocycles. The molecule has 0 spiro atoms. The number of rotatable bonds is 17. The number of hydrogen-bond donors (Lipinski definition) is 2. The van der Waals surface area contributed by atoms with E-state index in [1.54, 1.807) is 49.3 Å². The zero-order valence-electron chi connectivity index (χ0n) is 14.8. The normalized spacial score (nSPS) is 12.7. The Bertz CT molecular complexity index is 350. The van der Waals surface area contributed by atoms with Gasteiger partial charge in [0.05, 0.1) is 26.4 Å². The first-order chi connectivity index (χ1) is 11.4. The van der Waals surface area contributed by atoms with Crippen molar-refractivity contribution in [3.05, 3.63) is 0 Å². The number of nitrogens with one attached hydrogen (secondary N) is 2. The molecule has 0 radical (unpaired) electrons. The van der Waals surface area contributed by atoms with E-state index in [9.17, 15) is 9.13 Å². The highest BCUT2D eigenvalue weighted by atomic mass is 33.1. The Morgan fingerprint density at radius 3 is 1.21 bits per heavy atom. The van der Waals surface area contributed by atoms with E-state index >= 15 is 0 Å². The van der Waals surface area contributed by atoms with Crippen molar-refractivity contribution in [2.75, 3.05) is 51.0 Å². The summed E-state index contributed by atoms with van der Waals surface area (Å²) in [5.74, 6) is 1.48. The summed E-state index contributed by atoms with van der Waals surface area (Å²) in [6.07, 6.45) is 0. The van der Waals surface area contributed by atoms with E-state index in [2.05, 4.69) is 10.2 Å². The Morgan fingerprint density at radius 2 is 0.958 bits per heavy atom. The molecule has 0 aliphatic carbocycles. The molecule has 0 saturated carbocycles. The molecule has 0 rings (SSSR count). The van der Waals surface area contributed by atoms with Crippen LogP contribution < -0.4 is 10.2 Å². The first-order valence-corrected chi connectivity index (χ1v) is 13.6. The summed E-state index contributed by atoms with van der Waals surface area (Å²) < 4.78 is 44.8. The van der Waals surface area contributed by atoms with Crippen LogP contribution in [0.2, 0.25) is 0 Å². The molecule has 146 valence electrons. The van der Waals surface area contributed by atoms with Gasteiger partial charge in [-0.1, -0.05) is 21.6 Å². The second kappa shape index (κ2) is 15.0. The smallest absolute Gasteiger partial charge is 0.297 e. The van der Waals surface area contributed by atoms with E-state index in [0.29, 0.717) is 39.5 Å². The van der Waals surface area contributed by atoms with Gasteiger partial charge in [0.15, 0.2) is 0 Å². The van der Waals surface area contributed by atoms with Gasteiger partial charge in [-0.3, -0.25) is 18.1 Å². The van der Waals surface area contributed by atoms with Gasteiger partial charge in [-0.25, -0.2) is 19.3 Å². The molecular formula is C12H30N2O6P2S2. The third kappa shape index (κ3) is 12.3. The van der Waals surface area contributed by atoms with Gasteiger partial charge >= 0.3 is 15.5 Å². The summed E-state index contributed by atoms with van der Waals surface area (Å²) in [4.78, 5) is 0. The molecule has 0 atom stereocenters. The molecule has 12 heteroatoms. The third-order valence-electron chi connectivity index (χ3n) is 2.26. The molecule has 0 aliphatic rings. The van der Waals surface area contributed by atoms with Crippen LogP contribution in [0.4, 0.5) is 0 Å². The summed E-state index contributed by atoms with van der Waals surface area (Å²) in [5, 5.41) is 5.65. The zero-order chi connectivity index (χ0) is 18.3. The monoisotopic (exact) mass is 424 g/mol. The molecule has 0 amide bonds. The second-order valence-electron chi connectivity index (χ2n) is 4.13. The SMILES string of the molecule is CCOP(=O)(NCCSSCCNP(=O)(OCC)OCC)OCC. The van der Waals surface area contributed by atoms with Crippen molar-refractivity contribution < 1.29 is 27.2 Å². The molecule has 0 heterocycles. The van der Waals surface area contributed by atoms with Crippen molar-refractivity contribution in [2.45, 2.75) is 27.7 Å². The van der Waals surface area contributed by atoms with Gasteiger partial charge in [0, 0.05) is 24.6 Å². The molecule has 0 fully saturated rings. The van der Waals surface area contributed by atoms with Crippen molar-refractivity contribution in [3.63, 3.8) is 0 Å². The van der Waals surface area contributed by atoms with Crippen LogP contribution in [0.1, 0.15) is 27.7 Å². The fourth-order valence-electron chi connectivity index (χ4n) is 1.50. The van der Waals surface area contributed by atoms with Crippen molar-refractivity contribution in [2.24, 2.45) is 0 Å². The van der Waals surface area contributed by atoms with Crippen molar-refractivity contribution >= 4 is 37.1 Å². The van der Waals surface area contributed by atoms with Crippen LogP contribution in [-0.2, 0) is 27.2 Å². The first kappa shape index (κ1) is 24.9. The molecule has 0 aromatic rings. The third-order valence-corrected chi connectivity index (χ3v) is 8.28. The van der Waals surface area contributed by atoms with Crippen LogP contribution in [0.3, 0.4) is 0 Å². The standard InChI is InChI=1S/C12H30N2O6P2S2/c1-5-17-21(15,18-6-2)13-9-11-23-24-12-10-14-22(16,19-7-3)20-8-4/h5-12H2,1-4H3,(H,13,15)(H,14,16). The maximum Gasteiger partial charge on any atom is 0.405 e. The minimum atomic E-state index is -3.17. The molecular weight excluding hydrogens is 394 g/mol. The van der Waals surface area contributed by atoms with Crippen LogP contribution in [0.25, 0.3) is 0 Å². The van der Waals surface area contributed by atoms with Crippen molar-refractivity contribution in [3.8, 4) is 0 Å². The lowest BCUT2D eigenvalue weighted by molar-refractivity contribution is 0.210. The lowest BCUT2D eigenvalue weighted by Crippen LogP contribution is -2.18. The molecule has 0 aliphatic heterocycles. The van der Waals surface area contributed by atoms with Crippen LogP contribution in [0, 0.1) is 0 Å². The molecule has 0 unspecified atom stereocenters. The largest absolute Gasteiger partial charge is 0.405 e. The maximum atomic E-state index is 12.1. The molecule has 24 heavy (non-hydrogen) atoms. The van der Waals surface area contributed by atoms with Crippen LogP contribution in [0.15, 0.2) is 0 Å². The lowest BCUT2D eigenvalue weighted by atomic mass is 10.8. The minimum absolute atomic E-state index is 0.331. The Labute approximate surface area is 153 Å². The fraction of sp³-hybridized carbons (Fsp3) is 1.00. The van der Waals surface area contributed by atoms with Crippen molar-refractivity contribution in [1.82, 2.24) is 10.2 Å². The second-order valence-corrected chi connectivity index (χ2v) is 10.5. The molecule has 0 bridgehead atoms. The summed E-state index contributed by atoms with van der Waals surface area (Å²) in [6.45, 7) is 9.44. The van der Waals surface area contributed by atoms with E-state index in [4.69, 9.17) is 18.1 Å². The predicted molar refractivity (Wildman–Crippen MR) is 103 cm³/mol. The van der Waals surface area contributed by atoms with E-state index in [1.165, 1.54) is 0 Å². The van der Waals surface area contributed by atoms with Gasteiger partial charge in [0.2, 0.25) is 0 Å². The highest BCUT2D eigenvalue weighted by molar-refractivity contribution is 8.76. The van der Waals surface area contributed by atoms with E-state index in [0.717, 1.165) is 11.5 Å². The quantitative estimate of drug-likeness (QED) is 0.203. The van der Waals surface area contributed by atoms with Gasteiger partial charge in [-0.2, -0.15) is 0 Å². The van der Waals surface area contributed by atoms with Crippen LogP contribution >= 0.6 is 37.1 Å². The zero-order valence-corrected chi connectivity index (χ0v) is 18.2. The van der Waals surface area contributed by atoms with Gasteiger partial charge in [-0.15, -0.1) is 0 Å². The topological polar surface area (TPSA) is 95.1 Å². The molecule has 0 aromatic carbocycles. The van der Waals surface area contributed by atoms with Crippen molar-refractivity contribution in [1.29, 1.82) is 0 Å². The summed E-state index contributed by atoms with van der Waals surface area (Å²) in [7, 11) is -3.11. The average molecular weight is 424 g/mol. The fourth-order valence-corrected chi connectivity index (χ4v) is 6.26. The highest BCUT2D eigenvalue weighted by Crippen LogP contribution is 2.44. The summed E-state index contributed by atoms with van der Waals surface area (Å²) in [6, 6.07) is 0. The number of hydrogen-bond acceptors (Lipinski definition) is 8. The van der Waals surface area contributed by atoms with Gasteiger partial charge in [-0.05, 0) is 27.7 Å². The first-order valence-electron chi connectivity index (χ1n) is 7.98. The Kier molecular flexibility index (Phi) is 15.6. The van der Waals surface area contributed by atoms with E-state index < -0.39 is 15.5 Å². The minimum Gasteiger partial charge on any atom is -0.297 e. The van der Waals surface area contributed by atoms with Crippen LogP contribution in [-0.4, -0.2) is 51.0 Å². The van der Waals surface area contributed by atoms with Crippen LogP contribution in [0.5, 0.6) is 0 Å². The molecule has 0 saturated heterocycles. The molecule has 2 N–H and O–H groups in total. The Morgan fingerprint density at radius 1 is 0.667 bits per heavy atom. The lowest BCUT2D eigenvalue weighted by Gasteiger charge is -2.18. The maximum absolute atomic E-state index is 12.1. The van der Waals surface area contributed by atoms with E-state index in [1.807, 2.05) is 0 Å². The molecule has 8 nitrogen and oxygen atoms in total. The van der Waals surface area contributed by atoms with Gasteiger partial charge < -0.3 is 0 Å². The summed E-state index contributed by atoms with van der Waals surface area (Å²) in [5.41, 5.74) is 0. The van der Waals surface area contributed by atoms with Gasteiger partial charge in [0.1, 0.15) is 0 Å². The Balaban J connectivity index is 3.79. The predicted octanol–water partition coefficient (Wildman–Crippen LogP) is 3.91. The van der Waals surface area contributed by atoms with Gasteiger partial charge in [0.25, 0.3) is 0 Å². The Hall–Kier alpha value is 0.920. The van der Waals surface area contributed by atoms with E-state index in [-0.39, 0.29) is 0 Å².